The van der Waals surface area contributed by atoms with Crippen LogP contribution in [0.15, 0.2) is 6.07 Å². The van der Waals surface area contributed by atoms with Gasteiger partial charge in [0, 0.05) is 38.4 Å². The van der Waals surface area contributed by atoms with Gasteiger partial charge in [0.2, 0.25) is 0 Å². The van der Waals surface area contributed by atoms with Crippen molar-refractivity contribution in [1.82, 2.24) is 9.97 Å². The molecular formula is C13H24N4S. The van der Waals surface area contributed by atoms with Crippen LogP contribution >= 0.6 is 11.8 Å². The van der Waals surface area contributed by atoms with Gasteiger partial charge in [0.05, 0.1) is 0 Å². The molecule has 1 aromatic heterocycles. The van der Waals surface area contributed by atoms with Crippen LogP contribution in [0.3, 0.4) is 0 Å². The summed E-state index contributed by atoms with van der Waals surface area (Å²) < 4.78 is 0. The Labute approximate surface area is 115 Å². The highest BCUT2D eigenvalue weighted by molar-refractivity contribution is 7.98. The van der Waals surface area contributed by atoms with Gasteiger partial charge < -0.3 is 10.2 Å². The maximum Gasteiger partial charge on any atom is 0.134 e. The quantitative estimate of drug-likeness (QED) is 0.785. The molecule has 5 heteroatoms. The Morgan fingerprint density at radius 1 is 1.33 bits per heavy atom. The first-order valence-corrected chi connectivity index (χ1v) is 7.92. The maximum absolute atomic E-state index is 4.58. The molecular weight excluding hydrogens is 244 g/mol. The molecule has 1 aromatic rings. The van der Waals surface area contributed by atoms with Crippen LogP contribution < -0.4 is 10.2 Å². The van der Waals surface area contributed by atoms with E-state index in [4.69, 9.17) is 0 Å². The fourth-order valence-electron chi connectivity index (χ4n) is 1.52. The van der Waals surface area contributed by atoms with E-state index in [9.17, 15) is 0 Å². The monoisotopic (exact) mass is 268 g/mol. The average Bonchev–Trinajstić information content (AvgIpc) is 2.41. The maximum atomic E-state index is 4.58. The number of anilines is 2. The Bertz CT molecular complexity index is 357. The molecule has 4 nitrogen and oxygen atoms in total. The molecule has 0 fully saturated rings. The van der Waals surface area contributed by atoms with Crippen LogP contribution in [0.5, 0.6) is 0 Å². The molecule has 0 aliphatic heterocycles. The summed E-state index contributed by atoms with van der Waals surface area (Å²) in [5.74, 6) is 3.96. The Kier molecular flexibility index (Phi) is 6.86. The zero-order valence-corrected chi connectivity index (χ0v) is 12.7. The van der Waals surface area contributed by atoms with Crippen LogP contribution in [-0.2, 0) is 6.42 Å². The van der Waals surface area contributed by atoms with Crippen molar-refractivity contribution in [2.75, 3.05) is 42.4 Å². The Hall–Kier alpha value is -0.970. The minimum atomic E-state index is 0.866. The van der Waals surface area contributed by atoms with Crippen molar-refractivity contribution in [3.63, 3.8) is 0 Å². The molecule has 0 saturated carbocycles. The largest absolute Gasteiger partial charge is 0.370 e. The Balaban J connectivity index is 2.81. The smallest absolute Gasteiger partial charge is 0.134 e. The van der Waals surface area contributed by atoms with Crippen LogP contribution in [-0.4, -0.2) is 42.1 Å². The Morgan fingerprint density at radius 3 is 2.72 bits per heavy atom. The second-order valence-corrected chi connectivity index (χ2v) is 5.21. The van der Waals surface area contributed by atoms with Gasteiger partial charge >= 0.3 is 0 Å². The highest BCUT2D eigenvalue weighted by Gasteiger charge is 2.07. The molecule has 0 spiro atoms. The predicted octanol–water partition coefficient (Wildman–Crippen LogP) is 2.66. The fourth-order valence-corrected chi connectivity index (χ4v) is 1.98. The number of rotatable bonds is 8. The van der Waals surface area contributed by atoms with Crippen LogP contribution in [0.1, 0.15) is 26.1 Å². The van der Waals surface area contributed by atoms with Gasteiger partial charge in [0.1, 0.15) is 17.5 Å². The first-order valence-electron chi connectivity index (χ1n) is 6.53. The third kappa shape index (κ3) is 4.72. The van der Waals surface area contributed by atoms with Crippen molar-refractivity contribution >= 4 is 23.4 Å². The standard InChI is InChI=1S/C13H24N4S/c1-5-7-14-12-10-13(16-11(6-2)15-12)17(3)8-9-18-4/h10H,5-9H2,1-4H3,(H,14,15,16). The molecule has 102 valence electrons. The molecule has 0 atom stereocenters. The third-order valence-corrected chi connectivity index (χ3v) is 3.24. The first kappa shape index (κ1) is 15.1. The van der Waals surface area contributed by atoms with E-state index >= 15 is 0 Å². The van der Waals surface area contributed by atoms with Gasteiger partial charge in [-0.05, 0) is 12.7 Å². The molecule has 1 N–H and O–H groups in total. The number of nitrogens with one attached hydrogen (secondary N) is 1. The summed E-state index contributed by atoms with van der Waals surface area (Å²) in [7, 11) is 2.08. The summed E-state index contributed by atoms with van der Waals surface area (Å²) in [5, 5.41) is 3.34. The van der Waals surface area contributed by atoms with E-state index in [1.807, 2.05) is 17.8 Å². The van der Waals surface area contributed by atoms with E-state index in [0.717, 1.165) is 49.1 Å². The SMILES string of the molecule is CCCNc1cc(N(C)CCSC)nc(CC)n1. The van der Waals surface area contributed by atoms with Crippen LogP contribution in [0.4, 0.5) is 11.6 Å². The summed E-state index contributed by atoms with van der Waals surface area (Å²) in [5.41, 5.74) is 0. The van der Waals surface area contributed by atoms with E-state index in [-0.39, 0.29) is 0 Å². The number of aromatic nitrogens is 2. The van der Waals surface area contributed by atoms with Crippen molar-refractivity contribution in [1.29, 1.82) is 0 Å². The van der Waals surface area contributed by atoms with Gasteiger partial charge in [-0.1, -0.05) is 13.8 Å². The van der Waals surface area contributed by atoms with Gasteiger partial charge in [0.25, 0.3) is 0 Å². The lowest BCUT2D eigenvalue weighted by Gasteiger charge is -2.19. The lowest BCUT2D eigenvalue weighted by atomic mass is 10.4. The van der Waals surface area contributed by atoms with Crippen LogP contribution in [0, 0.1) is 0 Å². The predicted molar refractivity (Wildman–Crippen MR) is 81.8 cm³/mol. The van der Waals surface area contributed by atoms with Crippen LogP contribution in [0.25, 0.3) is 0 Å². The molecule has 0 amide bonds. The fraction of sp³-hybridized carbons (Fsp3) is 0.692. The number of hydrogen-bond acceptors (Lipinski definition) is 5. The Morgan fingerprint density at radius 2 is 2.11 bits per heavy atom. The molecule has 0 aliphatic rings. The zero-order chi connectivity index (χ0) is 13.4. The number of aryl methyl sites for hydroxylation is 1. The van der Waals surface area contributed by atoms with E-state index in [1.54, 1.807) is 0 Å². The lowest BCUT2D eigenvalue weighted by molar-refractivity contribution is 0.877. The summed E-state index contributed by atoms with van der Waals surface area (Å²) in [6.45, 7) is 6.20. The average molecular weight is 268 g/mol. The normalized spacial score (nSPS) is 10.4. The van der Waals surface area contributed by atoms with E-state index in [1.165, 1.54) is 0 Å². The van der Waals surface area contributed by atoms with Gasteiger partial charge in [-0.15, -0.1) is 0 Å². The minimum Gasteiger partial charge on any atom is -0.370 e. The number of nitrogens with zero attached hydrogens (tertiary/aromatic N) is 3. The van der Waals surface area contributed by atoms with Crippen molar-refractivity contribution in [3.05, 3.63) is 11.9 Å². The minimum absolute atomic E-state index is 0.866. The highest BCUT2D eigenvalue weighted by atomic mass is 32.2. The summed E-state index contributed by atoms with van der Waals surface area (Å²) in [6, 6.07) is 2.04. The molecule has 0 aliphatic carbocycles. The lowest BCUT2D eigenvalue weighted by Crippen LogP contribution is -2.22. The van der Waals surface area contributed by atoms with Gasteiger partial charge in [-0.25, -0.2) is 9.97 Å². The van der Waals surface area contributed by atoms with Crippen molar-refractivity contribution < 1.29 is 0 Å². The molecule has 18 heavy (non-hydrogen) atoms. The summed E-state index contributed by atoms with van der Waals surface area (Å²) in [6.07, 6.45) is 4.09. The zero-order valence-electron chi connectivity index (χ0n) is 11.9. The molecule has 0 bridgehead atoms. The van der Waals surface area contributed by atoms with Gasteiger partial charge in [0.15, 0.2) is 0 Å². The molecule has 0 radical (unpaired) electrons. The second kappa shape index (κ2) is 8.19. The second-order valence-electron chi connectivity index (χ2n) is 4.22. The van der Waals surface area contributed by atoms with E-state index in [2.05, 4.69) is 47.3 Å². The number of hydrogen-bond donors (Lipinski definition) is 1. The molecule has 0 unspecified atom stereocenters. The van der Waals surface area contributed by atoms with Gasteiger partial charge in [-0.2, -0.15) is 11.8 Å². The first-order chi connectivity index (χ1) is 8.71. The van der Waals surface area contributed by atoms with Crippen molar-refractivity contribution in [2.45, 2.75) is 26.7 Å². The summed E-state index contributed by atoms with van der Waals surface area (Å²) in [4.78, 5) is 11.3. The summed E-state index contributed by atoms with van der Waals surface area (Å²) >= 11 is 1.85. The highest BCUT2D eigenvalue weighted by Crippen LogP contribution is 2.15. The topological polar surface area (TPSA) is 41.0 Å². The van der Waals surface area contributed by atoms with E-state index in [0.29, 0.717) is 0 Å². The van der Waals surface area contributed by atoms with Crippen molar-refractivity contribution in [3.8, 4) is 0 Å². The molecule has 0 aromatic carbocycles. The van der Waals surface area contributed by atoms with Gasteiger partial charge in [-0.3, -0.25) is 0 Å². The third-order valence-electron chi connectivity index (χ3n) is 2.65. The molecule has 1 heterocycles. The van der Waals surface area contributed by atoms with E-state index < -0.39 is 0 Å². The van der Waals surface area contributed by atoms with Crippen LogP contribution in [0.2, 0.25) is 0 Å². The molecule has 1 rings (SSSR count). The molecule has 0 saturated heterocycles. The number of thioether (sulfide) groups is 1. The van der Waals surface area contributed by atoms with Crippen molar-refractivity contribution in [2.24, 2.45) is 0 Å².